The van der Waals surface area contributed by atoms with Crippen LogP contribution in [0.2, 0.25) is 0 Å². The lowest BCUT2D eigenvalue weighted by Crippen LogP contribution is -2.11. The summed E-state index contributed by atoms with van der Waals surface area (Å²) in [4.78, 5) is 11.6. The molecule has 0 aromatic carbocycles. The first-order valence-electron chi connectivity index (χ1n) is 4.97. The first kappa shape index (κ1) is 10.7. The van der Waals surface area contributed by atoms with Gasteiger partial charge in [0.1, 0.15) is 0 Å². The summed E-state index contributed by atoms with van der Waals surface area (Å²) in [5.41, 5.74) is 1.98. The summed E-state index contributed by atoms with van der Waals surface area (Å²) in [6.45, 7) is 5.60. The minimum atomic E-state index is 0.243. The van der Waals surface area contributed by atoms with Gasteiger partial charge >= 0.3 is 0 Å². The molecule has 1 saturated carbocycles. The minimum Gasteiger partial charge on any atom is -0.294 e. The van der Waals surface area contributed by atoms with Gasteiger partial charge in [0.25, 0.3) is 0 Å². The number of rotatable bonds is 2. The van der Waals surface area contributed by atoms with E-state index >= 15 is 0 Å². The number of carbonyl (C=O) groups is 1. The first-order chi connectivity index (χ1) is 6.79. The molecule has 14 heavy (non-hydrogen) atoms. The molecule has 1 fully saturated rings. The number of Topliss-reactive ketones (excluding diaryl/α,β-unsaturated/α-hetero) is 1. The standard InChI is InChI=1S/C13H16O/c1-3-5-8-11-9-6-10-13(14)12(11)7-4-2/h3-5,7-8H,2,6,9-10H2,1H3/b5-3-,11-8-,12-7+. The number of carbonyl (C=O) groups excluding carboxylic acids is 1. The average Bonchev–Trinajstić information content (AvgIpc) is 2.19. The summed E-state index contributed by atoms with van der Waals surface area (Å²) >= 11 is 0. The highest BCUT2D eigenvalue weighted by molar-refractivity contribution is 6.00. The van der Waals surface area contributed by atoms with Crippen LogP contribution in [0.25, 0.3) is 0 Å². The third-order valence-corrected chi connectivity index (χ3v) is 2.27. The van der Waals surface area contributed by atoms with E-state index in [0.29, 0.717) is 6.42 Å². The van der Waals surface area contributed by atoms with Crippen molar-refractivity contribution < 1.29 is 4.79 Å². The van der Waals surface area contributed by atoms with Crippen molar-refractivity contribution in [3.8, 4) is 0 Å². The van der Waals surface area contributed by atoms with Crippen LogP contribution in [-0.2, 0) is 4.79 Å². The van der Waals surface area contributed by atoms with Crippen LogP contribution in [0.1, 0.15) is 26.2 Å². The van der Waals surface area contributed by atoms with E-state index in [2.05, 4.69) is 6.58 Å². The van der Waals surface area contributed by atoms with Crippen molar-refractivity contribution in [3.05, 3.63) is 48.1 Å². The molecule has 0 aromatic heterocycles. The molecule has 1 heteroatoms. The summed E-state index contributed by atoms with van der Waals surface area (Å²) in [7, 11) is 0. The molecule has 0 bridgehead atoms. The minimum absolute atomic E-state index is 0.243. The maximum absolute atomic E-state index is 11.6. The van der Waals surface area contributed by atoms with E-state index in [1.807, 2.05) is 31.2 Å². The Labute approximate surface area is 85.5 Å². The highest BCUT2D eigenvalue weighted by Gasteiger charge is 2.18. The van der Waals surface area contributed by atoms with Gasteiger partial charge in [-0.15, -0.1) is 0 Å². The van der Waals surface area contributed by atoms with Crippen LogP contribution in [0, 0.1) is 0 Å². The van der Waals surface area contributed by atoms with Crippen LogP contribution in [0.15, 0.2) is 48.1 Å². The summed E-state index contributed by atoms with van der Waals surface area (Å²) in [6, 6.07) is 0. The molecule has 0 saturated heterocycles. The first-order valence-corrected chi connectivity index (χ1v) is 4.97. The molecule has 0 unspecified atom stereocenters. The zero-order valence-electron chi connectivity index (χ0n) is 8.62. The van der Waals surface area contributed by atoms with Crippen LogP contribution in [0.3, 0.4) is 0 Å². The summed E-state index contributed by atoms with van der Waals surface area (Å²) in [5.74, 6) is 0.243. The Bertz CT molecular complexity index is 316. The molecule has 1 rings (SSSR count). The van der Waals surface area contributed by atoms with Crippen molar-refractivity contribution in [2.45, 2.75) is 26.2 Å². The molecule has 1 aliphatic carbocycles. The Morgan fingerprint density at radius 2 is 2.07 bits per heavy atom. The van der Waals surface area contributed by atoms with Gasteiger partial charge in [0.05, 0.1) is 0 Å². The molecule has 74 valence electrons. The Hall–Kier alpha value is -1.37. The number of hydrogen-bond donors (Lipinski definition) is 0. The Morgan fingerprint density at radius 3 is 2.71 bits per heavy atom. The predicted octanol–water partition coefficient (Wildman–Crippen LogP) is 3.35. The van der Waals surface area contributed by atoms with Crippen molar-refractivity contribution in [3.63, 3.8) is 0 Å². The van der Waals surface area contributed by atoms with Crippen LogP contribution < -0.4 is 0 Å². The van der Waals surface area contributed by atoms with Crippen LogP contribution in [0.4, 0.5) is 0 Å². The van der Waals surface area contributed by atoms with Gasteiger partial charge < -0.3 is 0 Å². The van der Waals surface area contributed by atoms with Gasteiger partial charge in [0, 0.05) is 12.0 Å². The zero-order chi connectivity index (χ0) is 10.4. The van der Waals surface area contributed by atoms with E-state index in [1.165, 1.54) is 0 Å². The third kappa shape index (κ3) is 2.56. The number of hydrogen-bond acceptors (Lipinski definition) is 1. The molecule has 0 amide bonds. The van der Waals surface area contributed by atoms with Gasteiger partial charge in [-0.1, -0.05) is 37.0 Å². The van der Waals surface area contributed by atoms with E-state index in [0.717, 1.165) is 24.0 Å². The van der Waals surface area contributed by atoms with Crippen molar-refractivity contribution in [2.24, 2.45) is 0 Å². The lowest BCUT2D eigenvalue weighted by Gasteiger charge is -2.15. The molecule has 0 heterocycles. The zero-order valence-corrected chi connectivity index (χ0v) is 8.62. The molecule has 1 nitrogen and oxygen atoms in total. The third-order valence-electron chi connectivity index (χ3n) is 2.27. The Kier molecular flexibility index (Phi) is 4.11. The van der Waals surface area contributed by atoms with Crippen LogP contribution >= 0.6 is 0 Å². The van der Waals surface area contributed by atoms with Gasteiger partial charge in [-0.2, -0.15) is 0 Å². The average molecular weight is 188 g/mol. The van der Waals surface area contributed by atoms with Crippen molar-refractivity contribution in [1.82, 2.24) is 0 Å². The van der Waals surface area contributed by atoms with E-state index in [4.69, 9.17) is 0 Å². The van der Waals surface area contributed by atoms with Gasteiger partial charge in [-0.3, -0.25) is 4.79 Å². The van der Waals surface area contributed by atoms with Gasteiger partial charge in [-0.25, -0.2) is 0 Å². The molecule has 1 aliphatic rings. The van der Waals surface area contributed by atoms with E-state index in [1.54, 1.807) is 6.08 Å². The number of ketones is 1. The summed E-state index contributed by atoms with van der Waals surface area (Å²) in [5, 5.41) is 0. The second-order valence-corrected chi connectivity index (χ2v) is 3.31. The second kappa shape index (κ2) is 5.38. The quantitative estimate of drug-likeness (QED) is 0.607. The Balaban J connectivity index is 2.96. The molecular weight excluding hydrogens is 172 g/mol. The largest absolute Gasteiger partial charge is 0.294 e. The fraction of sp³-hybridized carbons (Fsp3) is 0.308. The molecule has 0 spiro atoms. The molecule has 0 aliphatic heterocycles. The molecule has 0 radical (unpaired) electrons. The normalized spacial score (nSPS) is 23.6. The molecule has 0 aromatic rings. The lowest BCUT2D eigenvalue weighted by atomic mass is 9.88. The molecular formula is C13H16O. The fourth-order valence-electron chi connectivity index (χ4n) is 1.59. The number of allylic oxidation sites excluding steroid dienone is 7. The smallest absolute Gasteiger partial charge is 0.163 e. The van der Waals surface area contributed by atoms with Gasteiger partial charge in [0.2, 0.25) is 0 Å². The molecule has 0 N–H and O–H groups in total. The maximum Gasteiger partial charge on any atom is 0.163 e. The lowest BCUT2D eigenvalue weighted by molar-refractivity contribution is -0.115. The Morgan fingerprint density at radius 1 is 1.29 bits per heavy atom. The van der Waals surface area contributed by atoms with Crippen molar-refractivity contribution in [2.75, 3.05) is 0 Å². The van der Waals surface area contributed by atoms with Gasteiger partial charge in [-0.05, 0) is 25.3 Å². The summed E-state index contributed by atoms with van der Waals surface area (Å²) < 4.78 is 0. The van der Waals surface area contributed by atoms with Crippen molar-refractivity contribution >= 4 is 5.78 Å². The maximum atomic E-state index is 11.6. The fourth-order valence-corrected chi connectivity index (χ4v) is 1.59. The van der Waals surface area contributed by atoms with Gasteiger partial charge in [0.15, 0.2) is 5.78 Å². The van der Waals surface area contributed by atoms with Crippen LogP contribution in [0.5, 0.6) is 0 Å². The monoisotopic (exact) mass is 188 g/mol. The van der Waals surface area contributed by atoms with E-state index in [9.17, 15) is 4.79 Å². The predicted molar refractivity (Wildman–Crippen MR) is 60.0 cm³/mol. The molecule has 0 atom stereocenters. The highest BCUT2D eigenvalue weighted by atomic mass is 16.1. The second-order valence-electron chi connectivity index (χ2n) is 3.31. The van der Waals surface area contributed by atoms with E-state index < -0.39 is 0 Å². The SMILES string of the molecule is C=C/C=C1/C(=O)CCC/C1=C/C=C\C. The van der Waals surface area contributed by atoms with Crippen LogP contribution in [-0.4, -0.2) is 5.78 Å². The summed E-state index contributed by atoms with van der Waals surface area (Å²) in [6.07, 6.45) is 12.1. The topological polar surface area (TPSA) is 17.1 Å². The highest BCUT2D eigenvalue weighted by Crippen LogP contribution is 2.26. The van der Waals surface area contributed by atoms with E-state index in [-0.39, 0.29) is 5.78 Å². The van der Waals surface area contributed by atoms with Crippen molar-refractivity contribution in [1.29, 1.82) is 0 Å².